The molecule has 0 heterocycles. The summed E-state index contributed by atoms with van der Waals surface area (Å²) in [6, 6.07) is 7.63. The van der Waals surface area contributed by atoms with Crippen LogP contribution in [0.2, 0.25) is 0 Å². The Labute approximate surface area is 84.5 Å². The van der Waals surface area contributed by atoms with Crippen LogP contribution in [-0.2, 0) is 0 Å². The molecule has 14 heavy (non-hydrogen) atoms. The molecular formula is C11H17NO2. The summed E-state index contributed by atoms with van der Waals surface area (Å²) in [5, 5.41) is 9.51. The number of aliphatic hydroxyl groups excluding tert-OH is 1. The van der Waals surface area contributed by atoms with Crippen LogP contribution in [0.25, 0.3) is 0 Å². The zero-order valence-electron chi connectivity index (χ0n) is 8.60. The third kappa shape index (κ3) is 2.47. The summed E-state index contributed by atoms with van der Waals surface area (Å²) in [6.07, 6.45) is -0.438. The Balaban J connectivity index is 2.92. The van der Waals surface area contributed by atoms with E-state index < -0.39 is 6.10 Å². The highest BCUT2D eigenvalue weighted by Crippen LogP contribution is 2.22. The van der Waals surface area contributed by atoms with E-state index in [-0.39, 0.29) is 5.92 Å². The lowest BCUT2D eigenvalue weighted by molar-refractivity contribution is 0.164. The lowest BCUT2D eigenvalue weighted by atomic mass is 9.94. The molecule has 1 rings (SSSR count). The Hall–Kier alpha value is -1.06. The predicted molar refractivity (Wildman–Crippen MR) is 56.5 cm³/mol. The maximum atomic E-state index is 9.51. The molecule has 0 aliphatic heterocycles. The van der Waals surface area contributed by atoms with Crippen LogP contribution in [-0.4, -0.2) is 24.9 Å². The van der Waals surface area contributed by atoms with Crippen LogP contribution in [0.5, 0.6) is 5.75 Å². The van der Waals surface area contributed by atoms with Gasteiger partial charge in [-0.2, -0.15) is 0 Å². The zero-order valence-corrected chi connectivity index (χ0v) is 8.60. The van der Waals surface area contributed by atoms with Crippen molar-refractivity contribution in [2.24, 2.45) is 5.73 Å². The van der Waals surface area contributed by atoms with Gasteiger partial charge in [-0.1, -0.05) is 12.1 Å². The van der Waals surface area contributed by atoms with Gasteiger partial charge in [-0.25, -0.2) is 0 Å². The van der Waals surface area contributed by atoms with Crippen LogP contribution in [0.1, 0.15) is 18.4 Å². The molecule has 0 aromatic heterocycles. The van der Waals surface area contributed by atoms with Gasteiger partial charge in [0.15, 0.2) is 0 Å². The second-order valence-electron chi connectivity index (χ2n) is 3.36. The minimum absolute atomic E-state index is 0.0231. The Bertz CT molecular complexity index is 286. The van der Waals surface area contributed by atoms with Crippen molar-refractivity contribution in [3.05, 3.63) is 29.8 Å². The highest BCUT2D eigenvalue weighted by molar-refractivity contribution is 5.31. The molecule has 3 heteroatoms. The maximum Gasteiger partial charge on any atom is 0.119 e. The van der Waals surface area contributed by atoms with E-state index in [1.54, 1.807) is 14.0 Å². The number of rotatable bonds is 4. The molecule has 3 N–H and O–H groups in total. The highest BCUT2D eigenvalue weighted by Gasteiger charge is 2.15. The topological polar surface area (TPSA) is 55.5 Å². The van der Waals surface area contributed by atoms with Gasteiger partial charge in [0.2, 0.25) is 0 Å². The third-order valence-corrected chi connectivity index (χ3v) is 2.36. The van der Waals surface area contributed by atoms with E-state index >= 15 is 0 Å². The number of nitrogens with two attached hydrogens (primary N) is 1. The molecule has 1 aromatic carbocycles. The van der Waals surface area contributed by atoms with E-state index in [0.717, 1.165) is 11.3 Å². The fourth-order valence-electron chi connectivity index (χ4n) is 1.48. The number of methoxy groups -OCH3 is 1. The maximum absolute atomic E-state index is 9.51. The highest BCUT2D eigenvalue weighted by atomic mass is 16.5. The van der Waals surface area contributed by atoms with Gasteiger partial charge in [0.25, 0.3) is 0 Å². The van der Waals surface area contributed by atoms with Gasteiger partial charge >= 0.3 is 0 Å². The first-order valence-corrected chi connectivity index (χ1v) is 4.71. The molecule has 3 nitrogen and oxygen atoms in total. The Morgan fingerprint density at radius 2 is 2.21 bits per heavy atom. The molecule has 0 amide bonds. The summed E-state index contributed by atoms with van der Waals surface area (Å²) in [7, 11) is 1.62. The minimum Gasteiger partial charge on any atom is -0.497 e. The molecule has 78 valence electrons. The van der Waals surface area contributed by atoms with Gasteiger partial charge in [0.05, 0.1) is 13.2 Å². The van der Waals surface area contributed by atoms with E-state index in [9.17, 15) is 5.11 Å². The molecule has 0 spiro atoms. The van der Waals surface area contributed by atoms with Crippen molar-refractivity contribution in [3.8, 4) is 5.75 Å². The number of hydrogen-bond donors (Lipinski definition) is 2. The lowest BCUT2D eigenvalue weighted by Crippen LogP contribution is -2.23. The molecule has 0 fully saturated rings. The number of ether oxygens (including phenoxy) is 1. The fourth-order valence-corrected chi connectivity index (χ4v) is 1.48. The largest absolute Gasteiger partial charge is 0.497 e. The van der Waals surface area contributed by atoms with E-state index in [2.05, 4.69) is 0 Å². The average molecular weight is 195 g/mol. The van der Waals surface area contributed by atoms with Crippen molar-refractivity contribution < 1.29 is 9.84 Å². The predicted octanol–water partition coefficient (Wildman–Crippen LogP) is 1.12. The van der Waals surface area contributed by atoms with Crippen molar-refractivity contribution in [2.75, 3.05) is 13.7 Å². The lowest BCUT2D eigenvalue weighted by Gasteiger charge is -2.18. The Morgan fingerprint density at radius 3 is 2.71 bits per heavy atom. The normalized spacial score (nSPS) is 14.9. The SMILES string of the molecule is COc1cccc(C(CN)C(C)O)c1. The summed E-state index contributed by atoms with van der Waals surface area (Å²) < 4.78 is 5.11. The van der Waals surface area contributed by atoms with Crippen LogP contribution in [0, 0.1) is 0 Å². The molecule has 0 bridgehead atoms. The van der Waals surface area contributed by atoms with Gasteiger partial charge in [-0.15, -0.1) is 0 Å². The summed E-state index contributed by atoms with van der Waals surface area (Å²) in [6.45, 7) is 2.18. The van der Waals surface area contributed by atoms with Crippen LogP contribution >= 0.6 is 0 Å². The summed E-state index contributed by atoms with van der Waals surface area (Å²) in [5.74, 6) is 0.770. The van der Waals surface area contributed by atoms with E-state index in [0.29, 0.717) is 6.54 Å². The van der Waals surface area contributed by atoms with Crippen LogP contribution < -0.4 is 10.5 Å². The van der Waals surface area contributed by atoms with Crippen molar-refractivity contribution in [1.29, 1.82) is 0 Å². The Morgan fingerprint density at radius 1 is 1.50 bits per heavy atom. The minimum atomic E-state index is -0.438. The molecule has 0 radical (unpaired) electrons. The number of benzene rings is 1. The van der Waals surface area contributed by atoms with Crippen molar-refractivity contribution in [3.63, 3.8) is 0 Å². The molecule has 0 aliphatic rings. The van der Waals surface area contributed by atoms with Gasteiger partial charge in [0, 0.05) is 12.5 Å². The van der Waals surface area contributed by atoms with Crippen LogP contribution in [0.4, 0.5) is 0 Å². The first kappa shape index (κ1) is 11.0. The van der Waals surface area contributed by atoms with Gasteiger partial charge in [-0.05, 0) is 24.6 Å². The summed E-state index contributed by atoms with van der Waals surface area (Å²) in [4.78, 5) is 0. The van der Waals surface area contributed by atoms with Gasteiger partial charge < -0.3 is 15.6 Å². The molecule has 0 saturated carbocycles. The average Bonchev–Trinajstić information content (AvgIpc) is 2.19. The first-order chi connectivity index (χ1) is 6.69. The van der Waals surface area contributed by atoms with Gasteiger partial charge in [-0.3, -0.25) is 0 Å². The van der Waals surface area contributed by atoms with Crippen LogP contribution in [0.15, 0.2) is 24.3 Å². The molecule has 1 aromatic rings. The summed E-state index contributed by atoms with van der Waals surface area (Å²) >= 11 is 0. The molecule has 2 unspecified atom stereocenters. The van der Waals surface area contributed by atoms with E-state index in [1.807, 2.05) is 24.3 Å². The van der Waals surface area contributed by atoms with Crippen molar-refractivity contribution in [1.82, 2.24) is 0 Å². The summed E-state index contributed by atoms with van der Waals surface area (Å²) in [5.41, 5.74) is 6.61. The smallest absolute Gasteiger partial charge is 0.119 e. The zero-order chi connectivity index (χ0) is 10.6. The third-order valence-electron chi connectivity index (χ3n) is 2.36. The molecule has 2 atom stereocenters. The second kappa shape index (κ2) is 4.98. The molecule has 0 aliphatic carbocycles. The fraction of sp³-hybridized carbons (Fsp3) is 0.455. The van der Waals surface area contributed by atoms with Gasteiger partial charge in [0.1, 0.15) is 5.75 Å². The van der Waals surface area contributed by atoms with E-state index in [1.165, 1.54) is 0 Å². The number of aliphatic hydroxyl groups is 1. The second-order valence-corrected chi connectivity index (χ2v) is 3.36. The molecule has 0 saturated heterocycles. The van der Waals surface area contributed by atoms with E-state index in [4.69, 9.17) is 10.5 Å². The monoisotopic (exact) mass is 195 g/mol. The number of hydrogen-bond acceptors (Lipinski definition) is 3. The quantitative estimate of drug-likeness (QED) is 0.757. The Kier molecular flexibility index (Phi) is 3.92. The van der Waals surface area contributed by atoms with Crippen molar-refractivity contribution >= 4 is 0 Å². The standard InChI is InChI=1S/C11H17NO2/c1-8(13)11(7-12)9-4-3-5-10(6-9)14-2/h3-6,8,11,13H,7,12H2,1-2H3. The van der Waals surface area contributed by atoms with Crippen molar-refractivity contribution in [2.45, 2.75) is 18.9 Å². The first-order valence-electron chi connectivity index (χ1n) is 4.71. The molecular weight excluding hydrogens is 178 g/mol. The van der Waals surface area contributed by atoms with Crippen LogP contribution in [0.3, 0.4) is 0 Å².